The van der Waals surface area contributed by atoms with E-state index in [1.165, 1.54) is 0 Å². The number of amides is 2. The monoisotopic (exact) mass is 446 g/mol. The predicted molar refractivity (Wildman–Crippen MR) is 107 cm³/mol. The minimum absolute atomic E-state index is 0.0707. The molecule has 10 heteroatoms. The zero-order valence-corrected chi connectivity index (χ0v) is 18.1. The molecule has 0 saturated carbocycles. The summed E-state index contributed by atoms with van der Waals surface area (Å²) in [4.78, 5) is 25.4. The van der Waals surface area contributed by atoms with Gasteiger partial charge in [-0.2, -0.15) is 13.2 Å². The van der Waals surface area contributed by atoms with Crippen molar-refractivity contribution in [3.05, 3.63) is 24.3 Å². The van der Waals surface area contributed by atoms with Crippen molar-refractivity contribution < 1.29 is 37.0 Å². The molecule has 0 aliphatic carbocycles. The number of rotatable bonds is 6. The number of hydrogen-bond acceptors (Lipinski definition) is 5. The summed E-state index contributed by atoms with van der Waals surface area (Å²) in [6.45, 7) is 6.31. The Morgan fingerprint density at radius 3 is 2.26 bits per heavy atom. The number of likely N-dealkylation sites (tertiary alicyclic amines) is 1. The van der Waals surface area contributed by atoms with E-state index in [9.17, 15) is 22.8 Å². The highest BCUT2D eigenvalue weighted by atomic mass is 19.4. The molecule has 1 fully saturated rings. The standard InChI is InChI=1S/C21H29F3N2O5/c1-5-29-15-8-6-7-9-16(15)30-13-18(27)26-12-14(10-11-17(26)21(22,23)24)25-19(28)31-20(2,3)4/h6-9,14,17H,5,10-13H2,1-4H3,(H,25,28)/t14-,17-/m1/s1. The molecule has 7 nitrogen and oxygen atoms in total. The average molecular weight is 446 g/mol. The zero-order valence-electron chi connectivity index (χ0n) is 18.1. The molecule has 1 saturated heterocycles. The molecular weight excluding hydrogens is 417 g/mol. The minimum atomic E-state index is -4.59. The van der Waals surface area contributed by atoms with Crippen LogP contribution in [0.3, 0.4) is 0 Å². The molecule has 174 valence electrons. The van der Waals surface area contributed by atoms with Gasteiger partial charge < -0.3 is 24.4 Å². The first-order valence-electron chi connectivity index (χ1n) is 10.1. The molecule has 0 aromatic heterocycles. The Morgan fingerprint density at radius 1 is 1.10 bits per heavy atom. The molecule has 2 amide bonds. The van der Waals surface area contributed by atoms with Crippen LogP contribution < -0.4 is 14.8 Å². The van der Waals surface area contributed by atoms with Crippen molar-refractivity contribution in [2.24, 2.45) is 0 Å². The van der Waals surface area contributed by atoms with Crippen molar-refractivity contribution in [2.45, 2.75) is 64.4 Å². The number of ether oxygens (including phenoxy) is 3. The van der Waals surface area contributed by atoms with E-state index < -0.39 is 42.5 Å². The fraction of sp³-hybridized carbons (Fsp3) is 0.619. The summed E-state index contributed by atoms with van der Waals surface area (Å²) >= 11 is 0. The van der Waals surface area contributed by atoms with Crippen LogP contribution in [0.15, 0.2) is 24.3 Å². The van der Waals surface area contributed by atoms with Gasteiger partial charge >= 0.3 is 12.3 Å². The molecule has 0 radical (unpaired) electrons. The molecule has 1 N–H and O–H groups in total. The first-order valence-corrected chi connectivity index (χ1v) is 10.1. The SMILES string of the molecule is CCOc1ccccc1OCC(=O)N1C[C@H](NC(=O)OC(C)(C)C)CC[C@@H]1C(F)(F)F. The van der Waals surface area contributed by atoms with Crippen molar-refractivity contribution in [3.8, 4) is 11.5 Å². The van der Waals surface area contributed by atoms with Gasteiger partial charge in [0.05, 0.1) is 6.61 Å². The van der Waals surface area contributed by atoms with E-state index in [4.69, 9.17) is 14.2 Å². The van der Waals surface area contributed by atoms with Crippen LogP contribution in [0.25, 0.3) is 0 Å². The number of carbonyl (C=O) groups is 2. The Hall–Kier alpha value is -2.65. The van der Waals surface area contributed by atoms with Crippen molar-refractivity contribution in [1.82, 2.24) is 10.2 Å². The molecule has 31 heavy (non-hydrogen) atoms. The number of hydrogen-bond donors (Lipinski definition) is 1. The van der Waals surface area contributed by atoms with Gasteiger partial charge in [0, 0.05) is 12.6 Å². The topological polar surface area (TPSA) is 77.1 Å². The smallest absolute Gasteiger partial charge is 0.408 e. The van der Waals surface area contributed by atoms with Crippen LogP contribution in [-0.4, -0.2) is 60.5 Å². The van der Waals surface area contributed by atoms with E-state index in [0.29, 0.717) is 12.4 Å². The number of nitrogens with one attached hydrogen (secondary N) is 1. The molecule has 1 aromatic rings. The van der Waals surface area contributed by atoms with E-state index in [0.717, 1.165) is 4.90 Å². The number of alkyl halides is 3. The van der Waals surface area contributed by atoms with Crippen LogP contribution in [0.5, 0.6) is 11.5 Å². The molecule has 1 aliphatic rings. The highest BCUT2D eigenvalue weighted by molar-refractivity contribution is 5.78. The molecule has 1 heterocycles. The molecule has 1 aromatic carbocycles. The normalized spacial score (nSPS) is 19.5. The summed E-state index contributed by atoms with van der Waals surface area (Å²) in [5.41, 5.74) is -0.745. The van der Waals surface area contributed by atoms with Crippen LogP contribution in [0.4, 0.5) is 18.0 Å². The van der Waals surface area contributed by atoms with Gasteiger partial charge in [-0.05, 0) is 52.7 Å². The lowest BCUT2D eigenvalue weighted by atomic mass is 9.97. The maximum Gasteiger partial charge on any atom is 0.408 e. The van der Waals surface area contributed by atoms with Gasteiger partial charge in [-0.1, -0.05) is 12.1 Å². The Labute approximate surface area is 179 Å². The third kappa shape index (κ3) is 7.52. The number of benzene rings is 1. The van der Waals surface area contributed by atoms with Gasteiger partial charge in [-0.25, -0.2) is 4.79 Å². The van der Waals surface area contributed by atoms with E-state index in [1.54, 1.807) is 52.0 Å². The highest BCUT2D eigenvalue weighted by Gasteiger charge is 2.48. The van der Waals surface area contributed by atoms with Gasteiger partial charge in [-0.15, -0.1) is 0 Å². The first kappa shape index (κ1) is 24.6. The van der Waals surface area contributed by atoms with Gasteiger partial charge in [0.15, 0.2) is 18.1 Å². The van der Waals surface area contributed by atoms with Crippen molar-refractivity contribution in [2.75, 3.05) is 19.8 Å². The maximum absolute atomic E-state index is 13.5. The second-order valence-electron chi connectivity index (χ2n) is 8.19. The number of halogens is 3. The first-order chi connectivity index (χ1) is 14.4. The summed E-state index contributed by atoms with van der Waals surface area (Å²) in [5.74, 6) is -0.167. The molecule has 0 spiro atoms. The number of para-hydroxylation sites is 2. The summed E-state index contributed by atoms with van der Waals surface area (Å²) in [6, 6.07) is 4.00. The summed E-state index contributed by atoms with van der Waals surface area (Å²) in [7, 11) is 0. The third-order valence-electron chi connectivity index (χ3n) is 4.50. The minimum Gasteiger partial charge on any atom is -0.490 e. The second-order valence-corrected chi connectivity index (χ2v) is 8.19. The summed E-state index contributed by atoms with van der Waals surface area (Å²) < 4.78 is 56.6. The largest absolute Gasteiger partial charge is 0.490 e. The third-order valence-corrected chi connectivity index (χ3v) is 4.50. The molecule has 0 bridgehead atoms. The highest BCUT2D eigenvalue weighted by Crippen LogP contribution is 2.33. The second kappa shape index (κ2) is 10.1. The van der Waals surface area contributed by atoms with Crippen LogP contribution in [0.1, 0.15) is 40.5 Å². The van der Waals surface area contributed by atoms with Gasteiger partial charge in [0.25, 0.3) is 5.91 Å². The van der Waals surface area contributed by atoms with Crippen LogP contribution in [0.2, 0.25) is 0 Å². The lowest BCUT2D eigenvalue weighted by molar-refractivity contribution is -0.198. The van der Waals surface area contributed by atoms with Gasteiger partial charge in [0.1, 0.15) is 11.6 Å². The Bertz CT molecular complexity index is 764. The number of nitrogens with zero attached hydrogens (tertiary/aromatic N) is 1. The molecule has 1 aliphatic heterocycles. The Morgan fingerprint density at radius 2 is 1.71 bits per heavy atom. The predicted octanol–water partition coefficient (Wildman–Crippen LogP) is 3.91. The van der Waals surface area contributed by atoms with Crippen molar-refractivity contribution in [1.29, 1.82) is 0 Å². The molecule has 2 rings (SSSR count). The number of carbonyl (C=O) groups excluding carboxylic acids is 2. The molecule has 2 atom stereocenters. The maximum atomic E-state index is 13.5. The zero-order chi connectivity index (χ0) is 23.2. The van der Waals surface area contributed by atoms with Gasteiger partial charge in [0.2, 0.25) is 0 Å². The van der Waals surface area contributed by atoms with Crippen molar-refractivity contribution in [3.63, 3.8) is 0 Å². The fourth-order valence-electron chi connectivity index (χ4n) is 3.25. The van der Waals surface area contributed by atoms with E-state index in [1.807, 2.05) is 0 Å². The Balaban J connectivity index is 2.07. The quantitative estimate of drug-likeness (QED) is 0.717. The Kier molecular flexibility index (Phi) is 8.02. The molecular formula is C21H29F3N2O5. The van der Waals surface area contributed by atoms with Crippen LogP contribution >= 0.6 is 0 Å². The van der Waals surface area contributed by atoms with E-state index >= 15 is 0 Å². The van der Waals surface area contributed by atoms with Gasteiger partial charge in [-0.3, -0.25) is 4.79 Å². The summed E-state index contributed by atoms with van der Waals surface area (Å²) in [6.07, 6.45) is -5.58. The van der Waals surface area contributed by atoms with Crippen LogP contribution in [-0.2, 0) is 9.53 Å². The number of alkyl carbamates (subject to hydrolysis) is 1. The van der Waals surface area contributed by atoms with E-state index in [2.05, 4.69) is 5.32 Å². The summed E-state index contributed by atoms with van der Waals surface area (Å²) in [5, 5.41) is 2.55. The average Bonchev–Trinajstić information content (AvgIpc) is 2.64. The fourth-order valence-corrected chi connectivity index (χ4v) is 3.25. The molecule has 0 unspecified atom stereocenters. The lowest BCUT2D eigenvalue weighted by Gasteiger charge is -2.40. The lowest BCUT2D eigenvalue weighted by Crippen LogP contribution is -2.59. The number of piperidine rings is 1. The van der Waals surface area contributed by atoms with Crippen LogP contribution in [0, 0.1) is 0 Å². The van der Waals surface area contributed by atoms with Crippen molar-refractivity contribution >= 4 is 12.0 Å². The van der Waals surface area contributed by atoms with E-state index in [-0.39, 0.29) is 25.1 Å².